The molecule has 1 heterocycles. The zero-order valence-electron chi connectivity index (χ0n) is 12.1. The van der Waals surface area contributed by atoms with E-state index in [0.717, 1.165) is 44.0 Å². The van der Waals surface area contributed by atoms with Crippen LogP contribution in [0.15, 0.2) is 18.2 Å². The maximum atomic E-state index is 13.6. The molecular weight excluding hydrogens is 255 g/mol. The van der Waals surface area contributed by atoms with Gasteiger partial charge in [0, 0.05) is 24.8 Å². The summed E-state index contributed by atoms with van der Waals surface area (Å²) in [5.74, 6) is -0.150. The summed E-state index contributed by atoms with van der Waals surface area (Å²) >= 11 is 0. The largest absolute Gasteiger partial charge is 0.377 e. The molecule has 110 valence electrons. The second-order valence-corrected chi connectivity index (χ2v) is 5.76. The van der Waals surface area contributed by atoms with Gasteiger partial charge in [-0.2, -0.15) is 0 Å². The zero-order chi connectivity index (χ0) is 13.9. The fraction of sp³-hybridized carbons (Fsp3) is 0.625. The van der Waals surface area contributed by atoms with Gasteiger partial charge in [-0.15, -0.1) is 0 Å². The van der Waals surface area contributed by atoms with E-state index in [1.807, 2.05) is 6.07 Å². The van der Waals surface area contributed by atoms with Gasteiger partial charge in [0.1, 0.15) is 5.82 Å². The molecule has 0 radical (unpaired) electrons. The SMILES string of the molecule is CCC1COCCN1c1ccc(F)cc1CNC1CC1. The van der Waals surface area contributed by atoms with Crippen LogP contribution in [0, 0.1) is 5.82 Å². The summed E-state index contributed by atoms with van der Waals surface area (Å²) in [5.41, 5.74) is 2.23. The fourth-order valence-corrected chi connectivity index (χ4v) is 2.83. The van der Waals surface area contributed by atoms with E-state index in [4.69, 9.17) is 4.74 Å². The number of benzene rings is 1. The van der Waals surface area contributed by atoms with Crippen molar-refractivity contribution in [3.8, 4) is 0 Å². The first kappa shape index (κ1) is 13.8. The van der Waals surface area contributed by atoms with E-state index in [2.05, 4.69) is 17.1 Å². The van der Waals surface area contributed by atoms with Crippen LogP contribution in [0.1, 0.15) is 31.7 Å². The average molecular weight is 278 g/mol. The Morgan fingerprint density at radius 3 is 3.00 bits per heavy atom. The number of hydrogen-bond donors (Lipinski definition) is 1. The van der Waals surface area contributed by atoms with Crippen molar-refractivity contribution in [1.29, 1.82) is 0 Å². The third-order valence-electron chi connectivity index (χ3n) is 4.21. The van der Waals surface area contributed by atoms with Gasteiger partial charge in [-0.1, -0.05) is 6.92 Å². The lowest BCUT2D eigenvalue weighted by molar-refractivity contribution is 0.0929. The van der Waals surface area contributed by atoms with E-state index in [1.54, 1.807) is 12.1 Å². The normalized spacial score (nSPS) is 23.1. The first-order chi connectivity index (χ1) is 9.78. The fourth-order valence-electron chi connectivity index (χ4n) is 2.83. The van der Waals surface area contributed by atoms with E-state index in [9.17, 15) is 4.39 Å². The Hall–Kier alpha value is -1.13. The molecule has 0 spiro atoms. The van der Waals surface area contributed by atoms with Crippen LogP contribution in [0.5, 0.6) is 0 Å². The predicted molar refractivity (Wildman–Crippen MR) is 78.5 cm³/mol. The van der Waals surface area contributed by atoms with Crippen molar-refractivity contribution < 1.29 is 9.13 Å². The molecule has 1 atom stereocenters. The minimum atomic E-state index is -0.150. The Morgan fingerprint density at radius 2 is 2.25 bits per heavy atom. The summed E-state index contributed by atoms with van der Waals surface area (Å²) < 4.78 is 19.1. The molecule has 4 heteroatoms. The quantitative estimate of drug-likeness (QED) is 0.896. The zero-order valence-corrected chi connectivity index (χ0v) is 12.1. The second kappa shape index (κ2) is 6.10. The molecule has 2 aliphatic rings. The van der Waals surface area contributed by atoms with Crippen LogP contribution in [-0.4, -0.2) is 31.8 Å². The molecule has 20 heavy (non-hydrogen) atoms. The Morgan fingerprint density at radius 1 is 1.40 bits per heavy atom. The smallest absolute Gasteiger partial charge is 0.123 e. The summed E-state index contributed by atoms with van der Waals surface area (Å²) in [6.07, 6.45) is 3.55. The van der Waals surface area contributed by atoms with Gasteiger partial charge in [-0.25, -0.2) is 4.39 Å². The molecule has 1 aromatic rings. The number of ether oxygens (including phenoxy) is 1. The van der Waals surface area contributed by atoms with E-state index in [-0.39, 0.29) is 5.82 Å². The van der Waals surface area contributed by atoms with Crippen molar-refractivity contribution in [1.82, 2.24) is 5.32 Å². The lowest BCUT2D eigenvalue weighted by Crippen LogP contribution is -2.45. The highest BCUT2D eigenvalue weighted by molar-refractivity contribution is 5.55. The highest BCUT2D eigenvalue weighted by Gasteiger charge is 2.25. The Balaban J connectivity index is 1.81. The third-order valence-corrected chi connectivity index (χ3v) is 4.21. The summed E-state index contributed by atoms with van der Waals surface area (Å²) in [4.78, 5) is 2.38. The van der Waals surface area contributed by atoms with Crippen molar-refractivity contribution in [2.24, 2.45) is 0 Å². The maximum Gasteiger partial charge on any atom is 0.123 e. The number of morpholine rings is 1. The molecule has 1 saturated heterocycles. The monoisotopic (exact) mass is 278 g/mol. The molecule has 3 rings (SSSR count). The van der Waals surface area contributed by atoms with Crippen molar-refractivity contribution in [2.45, 2.75) is 44.8 Å². The molecule has 1 unspecified atom stereocenters. The van der Waals surface area contributed by atoms with Crippen molar-refractivity contribution >= 4 is 5.69 Å². The molecular formula is C16H23FN2O. The van der Waals surface area contributed by atoms with Gasteiger partial charge < -0.3 is 15.0 Å². The van der Waals surface area contributed by atoms with E-state index in [0.29, 0.717) is 12.1 Å². The number of hydrogen-bond acceptors (Lipinski definition) is 3. The summed E-state index contributed by atoms with van der Waals surface area (Å²) in [6.45, 7) is 5.34. The number of rotatable bonds is 5. The predicted octanol–water partition coefficient (Wildman–Crippen LogP) is 2.69. The Labute approximate surface area is 120 Å². The molecule has 1 aliphatic heterocycles. The molecule has 3 nitrogen and oxygen atoms in total. The van der Waals surface area contributed by atoms with Crippen molar-refractivity contribution in [3.05, 3.63) is 29.6 Å². The van der Waals surface area contributed by atoms with Crippen LogP contribution in [0.3, 0.4) is 0 Å². The van der Waals surface area contributed by atoms with Gasteiger partial charge in [0.15, 0.2) is 0 Å². The van der Waals surface area contributed by atoms with Gasteiger partial charge >= 0.3 is 0 Å². The third kappa shape index (κ3) is 3.13. The summed E-state index contributed by atoms with van der Waals surface area (Å²) in [5, 5.41) is 3.49. The van der Waals surface area contributed by atoms with Crippen molar-refractivity contribution in [2.75, 3.05) is 24.7 Å². The highest BCUT2D eigenvalue weighted by atomic mass is 19.1. The molecule has 0 amide bonds. The number of anilines is 1. The lowest BCUT2D eigenvalue weighted by Gasteiger charge is -2.38. The van der Waals surface area contributed by atoms with E-state index in [1.165, 1.54) is 12.8 Å². The Bertz CT molecular complexity index is 462. The highest BCUT2D eigenvalue weighted by Crippen LogP contribution is 2.28. The molecule has 2 fully saturated rings. The number of nitrogens with zero attached hydrogens (tertiary/aromatic N) is 1. The van der Waals surface area contributed by atoms with Gasteiger partial charge in [0.25, 0.3) is 0 Å². The van der Waals surface area contributed by atoms with Crippen LogP contribution in [0.4, 0.5) is 10.1 Å². The molecule has 1 saturated carbocycles. The van der Waals surface area contributed by atoms with Crippen LogP contribution in [0.25, 0.3) is 0 Å². The maximum absolute atomic E-state index is 13.6. The molecule has 1 aromatic carbocycles. The van der Waals surface area contributed by atoms with Gasteiger partial charge in [0.05, 0.1) is 19.3 Å². The Kier molecular flexibility index (Phi) is 4.22. The van der Waals surface area contributed by atoms with Crippen molar-refractivity contribution in [3.63, 3.8) is 0 Å². The van der Waals surface area contributed by atoms with Gasteiger partial charge in [-0.3, -0.25) is 0 Å². The minimum Gasteiger partial charge on any atom is -0.377 e. The molecule has 0 bridgehead atoms. The van der Waals surface area contributed by atoms with Crippen LogP contribution >= 0.6 is 0 Å². The van der Waals surface area contributed by atoms with Gasteiger partial charge in [0.2, 0.25) is 0 Å². The molecule has 1 N–H and O–H groups in total. The standard InChI is InChI=1S/C16H23FN2O/c1-2-15-11-20-8-7-19(15)16-6-3-13(17)9-12(16)10-18-14-4-5-14/h3,6,9,14-15,18H,2,4-5,7-8,10-11H2,1H3. The minimum absolute atomic E-state index is 0.150. The van der Waals surface area contributed by atoms with E-state index < -0.39 is 0 Å². The summed E-state index contributed by atoms with van der Waals surface area (Å²) in [7, 11) is 0. The molecule has 1 aliphatic carbocycles. The topological polar surface area (TPSA) is 24.5 Å². The molecule has 0 aromatic heterocycles. The first-order valence-electron chi connectivity index (χ1n) is 7.64. The second-order valence-electron chi connectivity index (χ2n) is 5.76. The average Bonchev–Trinajstić information content (AvgIpc) is 3.29. The van der Waals surface area contributed by atoms with Crippen LogP contribution < -0.4 is 10.2 Å². The van der Waals surface area contributed by atoms with Gasteiger partial charge in [-0.05, 0) is 43.0 Å². The first-order valence-corrected chi connectivity index (χ1v) is 7.64. The van der Waals surface area contributed by atoms with Crippen LogP contribution in [0.2, 0.25) is 0 Å². The number of halogens is 1. The number of nitrogens with one attached hydrogen (secondary N) is 1. The van der Waals surface area contributed by atoms with Crippen LogP contribution in [-0.2, 0) is 11.3 Å². The lowest BCUT2D eigenvalue weighted by atomic mass is 10.1. The summed E-state index contributed by atoms with van der Waals surface area (Å²) in [6, 6.07) is 6.20. The van der Waals surface area contributed by atoms with E-state index >= 15 is 0 Å².